The van der Waals surface area contributed by atoms with Gasteiger partial charge in [0.1, 0.15) is 6.29 Å². The van der Waals surface area contributed by atoms with Gasteiger partial charge in [-0.2, -0.15) is 0 Å². The summed E-state index contributed by atoms with van der Waals surface area (Å²) in [5.74, 6) is 0. The average molecular weight is 181 g/mol. The van der Waals surface area contributed by atoms with E-state index in [1.54, 1.807) is 11.9 Å². The Hall–Kier alpha value is -0.800. The van der Waals surface area contributed by atoms with Gasteiger partial charge in [-0.25, -0.2) is 0 Å². The van der Waals surface area contributed by atoms with Crippen LogP contribution in [0, 0.1) is 0 Å². The summed E-state index contributed by atoms with van der Waals surface area (Å²) < 4.78 is 2.01. The second-order valence-corrected chi connectivity index (χ2v) is 3.97. The molecular weight excluding hydrogens is 170 g/mol. The van der Waals surface area contributed by atoms with Gasteiger partial charge in [0.2, 0.25) is 0 Å². The molecule has 1 aromatic carbocycles. The molecule has 0 bridgehead atoms. The molecule has 0 saturated heterocycles. The lowest BCUT2D eigenvalue weighted by Crippen LogP contribution is -1.98. The molecule has 0 spiro atoms. The maximum absolute atomic E-state index is 10.3. The summed E-state index contributed by atoms with van der Waals surface area (Å²) in [6.07, 6.45) is 0.851. The van der Waals surface area contributed by atoms with Crippen molar-refractivity contribution in [3.63, 3.8) is 0 Å². The van der Waals surface area contributed by atoms with Gasteiger partial charge in [0.15, 0.2) is 0 Å². The van der Waals surface area contributed by atoms with Crippen LogP contribution in [-0.2, 0) is 0 Å². The first-order valence-electron chi connectivity index (χ1n) is 3.63. The van der Waals surface area contributed by atoms with Gasteiger partial charge in [-0.15, -0.1) is 0 Å². The third-order valence-electron chi connectivity index (χ3n) is 1.30. The molecule has 1 rings (SSSR count). The molecule has 0 atom stereocenters. The molecule has 1 aromatic rings. The van der Waals surface area contributed by atoms with E-state index in [9.17, 15) is 4.79 Å². The first-order valence-corrected chi connectivity index (χ1v) is 4.40. The van der Waals surface area contributed by atoms with E-state index in [1.165, 1.54) is 0 Å². The number of benzene rings is 1. The minimum atomic E-state index is 0.720. The zero-order valence-electron chi connectivity index (χ0n) is 7.15. The van der Waals surface area contributed by atoms with E-state index in [2.05, 4.69) is 0 Å². The number of carbonyl (C=O) groups is 1. The molecule has 0 N–H and O–H groups in total. The van der Waals surface area contributed by atoms with Gasteiger partial charge in [0, 0.05) is 10.5 Å². The molecule has 0 fully saturated rings. The Kier molecular flexibility index (Phi) is 3.31. The third-order valence-corrected chi connectivity index (χ3v) is 2.15. The van der Waals surface area contributed by atoms with Gasteiger partial charge in [-0.1, -0.05) is 12.1 Å². The summed E-state index contributed by atoms with van der Waals surface area (Å²) in [5, 5.41) is 0. The van der Waals surface area contributed by atoms with E-state index in [4.69, 9.17) is 0 Å². The summed E-state index contributed by atoms with van der Waals surface area (Å²) in [5.41, 5.74) is 0.720. The molecule has 0 amide bonds. The van der Waals surface area contributed by atoms with Crippen molar-refractivity contribution in [1.82, 2.24) is 4.31 Å². The topological polar surface area (TPSA) is 20.3 Å². The minimum absolute atomic E-state index is 0.720. The van der Waals surface area contributed by atoms with Crippen molar-refractivity contribution in [2.24, 2.45) is 0 Å². The summed E-state index contributed by atoms with van der Waals surface area (Å²) in [4.78, 5) is 11.5. The minimum Gasteiger partial charge on any atom is -0.298 e. The van der Waals surface area contributed by atoms with Crippen LogP contribution in [0.25, 0.3) is 0 Å². The lowest BCUT2D eigenvalue weighted by molar-refractivity contribution is 0.112. The maximum atomic E-state index is 10.3. The number of aldehydes is 1. The highest BCUT2D eigenvalue weighted by atomic mass is 32.2. The molecule has 0 aliphatic carbocycles. The van der Waals surface area contributed by atoms with E-state index in [1.807, 2.05) is 42.7 Å². The van der Waals surface area contributed by atoms with Crippen LogP contribution in [0.3, 0.4) is 0 Å². The molecule has 0 aliphatic heterocycles. The van der Waals surface area contributed by atoms with Gasteiger partial charge >= 0.3 is 0 Å². The fourth-order valence-corrected chi connectivity index (χ4v) is 1.50. The highest BCUT2D eigenvalue weighted by molar-refractivity contribution is 7.97. The second-order valence-electron chi connectivity index (χ2n) is 2.59. The first kappa shape index (κ1) is 9.29. The number of nitrogens with zero attached hydrogens (tertiary/aromatic N) is 1. The van der Waals surface area contributed by atoms with E-state index < -0.39 is 0 Å². The van der Waals surface area contributed by atoms with Crippen molar-refractivity contribution < 1.29 is 4.79 Å². The summed E-state index contributed by atoms with van der Waals surface area (Å²) in [7, 11) is 3.97. The summed E-state index contributed by atoms with van der Waals surface area (Å²) in [6, 6.07) is 7.51. The van der Waals surface area contributed by atoms with Gasteiger partial charge < -0.3 is 0 Å². The van der Waals surface area contributed by atoms with E-state index in [0.29, 0.717) is 0 Å². The predicted octanol–water partition coefficient (Wildman–Crippen LogP) is 2.07. The van der Waals surface area contributed by atoms with Crippen molar-refractivity contribution in [2.75, 3.05) is 14.1 Å². The molecule has 0 unspecified atom stereocenters. The molecule has 0 aromatic heterocycles. The predicted molar refractivity (Wildman–Crippen MR) is 51.4 cm³/mol. The highest BCUT2D eigenvalue weighted by Gasteiger charge is 1.95. The van der Waals surface area contributed by atoms with E-state index >= 15 is 0 Å². The summed E-state index contributed by atoms with van der Waals surface area (Å²) >= 11 is 1.64. The molecule has 3 heteroatoms. The average Bonchev–Trinajstić information content (AvgIpc) is 2.05. The van der Waals surface area contributed by atoms with Crippen LogP contribution in [0.5, 0.6) is 0 Å². The van der Waals surface area contributed by atoms with Crippen molar-refractivity contribution in [3.8, 4) is 0 Å². The van der Waals surface area contributed by atoms with Crippen molar-refractivity contribution in [1.29, 1.82) is 0 Å². The zero-order chi connectivity index (χ0) is 8.97. The fourth-order valence-electron chi connectivity index (χ4n) is 0.818. The largest absolute Gasteiger partial charge is 0.298 e. The highest BCUT2D eigenvalue weighted by Crippen LogP contribution is 2.19. The molecule has 0 aliphatic rings. The number of carbonyl (C=O) groups excluding carboxylic acids is 1. The normalized spacial score (nSPS) is 10.2. The van der Waals surface area contributed by atoms with Gasteiger partial charge in [0.25, 0.3) is 0 Å². The van der Waals surface area contributed by atoms with Crippen molar-refractivity contribution in [3.05, 3.63) is 29.8 Å². The Labute approximate surface area is 76.7 Å². The monoisotopic (exact) mass is 181 g/mol. The summed E-state index contributed by atoms with van der Waals surface area (Å²) in [6.45, 7) is 0. The number of hydrogen-bond acceptors (Lipinski definition) is 3. The van der Waals surface area contributed by atoms with Crippen molar-refractivity contribution in [2.45, 2.75) is 4.90 Å². The van der Waals surface area contributed by atoms with Crippen LogP contribution in [0.2, 0.25) is 0 Å². The van der Waals surface area contributed by atoms with Crippen LogP contribution in [0.1, 0.15) is 10.4 Å². The molecule has 64 valence electrons. The SMILES string of the molecule is CN(C)Sc1ccc(C=O)cc1. The van der Waals surface area contributed by atoms with E-state index in [-0.39, 0.29) is 0 Å². The van der Waals surface area contributed by atoms with Gasteiger partial charge in [-0.05, 0) is 38.2 Å². The lowest BCUT2D eigenvalue weighted by Gasteiger charge is -2.07. The Morgan fingerprint density at radius 1 is 1.25 bits per heavy atom. The van der Waals surface area contributed by atoms with Crippen LogP contribution in [0.15, 0.2) is 29.2 Å². The molecule has 12 heavy (non-hydrogen) atoms. The molecular formula is C9H11NOS. The van der Waals surface area contributed by atoms with Crippen LogP contribution in [0.4, 0.5) is 0 Å². The van der Waals surface area contributed by atoms with Crippen LogP contribution >= 0.6 is 11.9 Å². The molecule has 2 nitrogen and oxygen atoms in total. The number of hydrogen-bond donors (Lipinski definition) is 0. The molecule has 0 radical (unpaired) electrons. The van der Waals surface area contributed by atoms with E-state index in [0.717, 1.165) is 16.7 Å². The van der Waals surface area contributed by atoms with Crippen LogP contribution in [-0.4, -0.2) is 24.7 Å². The van der Waals surface area contributed by atoms with Crippen LogP contribution < -0.4 is 0 Å². The Morgan fingerprint density at radius 2 is 1.83 bits per heavy atom. The lowest BCUT2D eigenvalue weighted by atomic mass is 10.2. The standard InChI is InChI=1S/C9H11NOS/c1-10(2)12-9-5-3-8(7-11)4-6-9/h3-7H,1-2H3. The number of rotatable bonds is 3. The Bertz CT molecular complexity index is 256. The smallest absolute Gasteiger partial charge is 0.150 e. The Balaban J connectivity index is 2.71. The fraction of sp³-hybridized carbons (Fsp3) is 0.222. The second kappa shape index (κ2) is 4.28. The molecule has 0 saturated carbocycles. The van der Waals surface area contributed by atoms with Gasteiger partial charge in [-0.3, -0.25) is 9.10 Å². The Morgan fingerprint density at radius 3 is 2.25 bits per heavy atom. The third kappa shape index (κ3) is 2.68. The first-order chi connectivity index (χ1) is 5.72. The van der Waals surface area contributed by atoms with Crippen molar-refractivity contribution >= 4 is 18.2 Å². The maximum Gasteiger partial charge on any atom is 0.150 e. The quantitative estimate of drug-likeness (QED) is 0.526. The zero-order valence-corrected chi connectivity index (χ0v) is 7.97. The van der Waals surface area contributed by atoms with Gasteiger partial charge in [0.05, 0.1) is 0 Å². The molecule has 0 heterocycles.